The van der Waals surface area contributed by atoms with E-state index in [1.54, 1.807) is 0 Å². The number of hydrogen-bond donors (Lipinski definition) is 0. The molecular weight excluding hydrogens is 276 g/mol. The molecule has 3 heteroatoms. The van der Waals surface area contributed by atoms with Crippen molar-refractivity contribution in [2.45, 2.75) is 19.8 Å². The van der Waals surface area contributed by atoms with Gasteiger partial charge in [-0.15, -0.1) is 0 Å². The van der Waals surface area contributed by atoms with Crippen LogP contribution < -0.4 is 0 Å². The van der Waals surface area contributed by atoms with Gasteiger partial charge in [-0.2, -0.15) is 0 Å². The molecule has 0 spiro atoms. The molecule has 0 radical (unpaired) electrons. The molecule has 0 unspecified atom stereocenters. The molecule has 2 aromatic rings. The molecule has 0 atom stereocenters. The van der Waals surface area contributed by atoms with E-state index in [0.29, 0.717) is 0 Å². The first-order chi connectivity index (χ1) is 10.4. The van der Waals surface area contributed by atoms with Crippen molar-refractivity contribution < 1.29 is 0 Å². The monoisotopic (exact) mass is 294 g/mol. The maximum Gasteiger partial charge on any atom is 0.168 e. The van der Waals surface area contributed by atoms with Gasteiger partial charge in [-0.3, -0.25) is 4.99 Å². The molecule has 2 aliphatic heterocycles. The quantitative estimate of drug-likeness (QED) is 0.813. The fourth-order valence-corrected chi connectivity index (χ4v) is 4.45. The van der Waals surface area contributed by atoms with Gasteiger partial charge in [-0.1, -0.05) is 67.6 Å². The van der Waals surface area contributed by atoms with E-state index in [2.05, 4.69) is 59.3 Å². The number of benzene rings is 2. The minimum atomic E-state index is 0.927. The summed E-state index contributed by atoms with van der Waals surface area (Å²) in [5, 5.41) is 3.85. The van der Waals surface area contributed by atoms with Crippen molar-refractivity contribution in [2.24, 2.45) is 4.99 Å². The van der Waals surface area contributed by atoms with E-state index in [4.69, 9.17) is 0 Å². The Morgan fingerprint density at radius 1 is 1.14 bits per heavy atom. The number of rotatable bonds is 3. The van der Waals surface area contributed by atoms with Gasteiger partial charge in [0.1, 0.15) is 0 Å². The minimum Gasteiger partial charge on any atom is -0.318 e. The Hall–Kier alpha value is -1.74. The molecule has 0 N–H and O–H groups in total. The van der Waals surface area contributed by atoms with Gasteiger partial charge in [0.15, 0.2) is 5.17 Å². The van der Waals surface area contributed by atoms with Crippen LogP contribution in [0, 0.1) is 0 Å². The summed E-state index contributed by atoms with van der Waals surface area (Å²) in [6, 6.07) is 15.3. The highest BCUT2D eigenvalue weighted by molar-refractivity contribution is 8.17. The zero-order valence-corrected chi connectivity index (χ0v) is 13.0. The van der Waals surface area contributed by atoms with Crippen LogP contribution in [0.4, 0.5) is 0 Å². The number of fused-ring (bicyclic) bond motifs is 2. The van der Waals surface area contributed by atoms with E-state index in [1.165, 1.54) is 38.5 Å². The van der Waals surface area contributed by atoms with Crippen LogP contribution in [0.25, 0.3) is 16.5 Å². The zero-order chi connectivity index (χ0) is 14.2. The summed E-state index contributed by atoms with van der Waals surface area (Å²) in [7, 11) is 0. The molecule has 0 saturated heterocycles. The van der Waals surface area contributed by atoms with Crippen LogP contribution in [-0.2, 0) is 0 Å². The summed E-state index contributed by atoms with van der Waals surface area (Å²) in [4.78, 5) is 8.54. The fourth-order valence-electron chi connectivity index (χ4n) is 3.15. The van der Waals surface area contributed by atoms with Crippen molar-refractivity contribution in [3.8, 4) is 0 Å². The molecule has 0 amide bonds. The van der Waals surface area contributed by atoms with Crippen LogP contribution in [-0.4, -0.2) is 23.2 Å². The zero-order valence-electron chi connectivity index (χ0n) is 12.2. The third kappa shape index (κ3) is 2.07. The third-order valence-electron chi connectivity index (χ3n) is 4.07. The first-order valence-corrected chi connectivity index (χ1v) is 8.41. The molecule has 0 saturated carbocycles. The lowest BCUT2D eigenvalue weighted by atomic mass is 10.0. The Bertz CT molecular complexity index is 755. The van der Waals surface area contributed by atoms with E-state index < -0.39 is 0 Å². The standard InChI is InChI=1S/C18H18N2S/c1-2-6-16-17(20-12-11-19-18(20)21-16)15-10-5-8-13-7-3-4-9-14(13)15/h3-5,7-10H,2,6,11-12H2,1H3. The van der Waals surface area contributed by atoms with E-state index in [0.717, 1.165) is 19.5 Å². The largest absolute Gasteiger partial charge is 0.318 e. The van der Waals surface area contributed by atoms with Crippen LogP contribution in [0.5, 0.6) is 0 Å². The number of thioether (sulfide) groups is 1. The summed E-state index contributed by atoms with van der Waals surface area (Å²) < 4.78 is 0. The molecule has 2 aliphatic rings. The van der Waals surface area contributed by atoms with Gasteiger partial charge in [-0.25, -0.2) is 0 Å². The Morgan fingerprint density at radius 2 is 2.00 bits per heavy atom. The van der Waals surface area contributed by atoms with Crippen molar-refractivity contribution in [3.63, 3.8) is 0 Å². The van der Waals surface area contributed by atoms with Crippen LogP contribution >= 0.6 is 11.8 Å². The number of nitrogens with zero attached hydrogens (tertiary/aromatic N) is 2. The Kier molecular flexibility index (Phi) is 3.23. The highest BCUT2D eigenvalue weighted by atomic mass is 32.2. The summed E-state index contributed by atoms with van der Waals surface area (Å²) in [6.45, 7) is 4.20. The van der Waals surface area contributed by atoms with E-state index in [9.17, 15) is 0 Å². The van der Waals surface area contributed by atoms with E-state index in [1.807, 2.05) is 11.8 Å². The fraction of sp³-hybridized carbons (Fsp3) is 0.278. The van der Waals surface area contributed by atoms with Crippen molar-refractivity contribution >= 4 is 33.4 Å². The highest BCUT2D eigenvalue weighted by Crippen LogP contribution is 2.45. The van der Waals surface area contributed by atoms with Crippen molar-refractivity contribution in [2.75, 3.05) is 13.1 Å². The minimum absolute atomic E-state index is 0.927. The average molecular weight is 294 g/mol. The van der Waals surface area contributed by atoms with Gasteiger partial charge in [-0.05, 0) is 17.2 Å². The summed E-state index contributed by atoms with van der Waals surface area (Å²) >= 11 is 1.87. The lowest BCUT2D eigenvalue weighted by Gasteiger charge is -2.19. The molecule has 21 heavy (non-hydrogen) atoms. The van der Waals surface area contributed by atoms with Gasteiger partial charge in [0.05, 0.1) is 12.2 Å². The predicted molar refractivity (Wildman–Crippen MR) is 92.4 cm³/mol. The van der Waals surface area contributed by atoms with Crippen LogP contribution in [0.1, 0.15) is 25.3 Å². The Morgan fingerprint density at radius 3 is 2.90 bits per heavy atom. The van der Waals surface area contributed by atoms with E-state index in [-0.39, 0.29) is 0 Å². The summed E-state index contributed by atoms with van der Waals surface area (Å²) in [6.07, 6.45) is 2.32. The molecule has 2 aromatic carbocycles. The lowest BCUT2D eigenvalue weighted by molar-refractivity contribution is 0.646. The van der Waals surface area contributed by atoms with Crippen LogP contribution in [0.3, 0.4) is 0 Å². The second-order valence-corrected chi connectivity index (χ2v) is 6.53. The predicted octanol–water partition coefficient (Wildman–Crippen LogP) is 4.73. The smallest absolute Gasteiger partial charge is 0.168 e. The van der Waals surface area contributed by atoms with Crippen LogP contribution in [0.15, 0.2) is 52.4 Å². The number of allylic oxidation sites excluding steroid dienone is 1. The first-order valence-electron chi connectivity index (χ1n) is 7.59. The second kappa shape index (κ2) is 5.23. The molecule has 0 bridgehead atoms. The van der Waals surface area contributed by atoms with Crippen molar-refractivity contribution in [1.82, 2.24) is 4.90 Å². The molecule has 2 nitrogen and oxygen atoms in total. The van der Waals surface area contributed by atoms with Crippen molar-refractivity contribution in [3.05, 3.63) is 52.9 Å². The maximum absolute atomic E-state index is 4.65. The number of hydrogen-bond acceptors (Lipinski definition) is 3. The third-order valence-corrected chi connectivity index (χ3v) is 5.25. The summed E-state index contributed by atoms with van der Waals surface area (Å²) in [5.74, 6) is 0. The topological polar surface area (TPSA) is 15.6 Å². The SMILES string of the molecule is CCCC1=C(c2cccc3ccccc23)N2CCN=C2S1. The van der Waals surface area contributed by atoms with Crippen molar-refractivity contribution in [1.29, 1.82) is 0 Å². The molecular formula is C18H18N2S. The normalized spacial score (nSPS) is 17.6. The van der Waals surface area contributed by atoms with Crippen LogP contribution in [0.2, 0.25) is 0 Å². The first kappa shape index (κ1) is 13.0. The Labute approximate surface area is 129 Å². The Balaban J connectivity index is 1.92. The van der Waals surface area contributed by atoms with Gasteiger partial charge < -0.3 is 4.90 Å². The second-order valence-electron chi connectivity index (χ2n) is 5.47. The number of aliphatic imine (C=N–C) groups is 1. The molecule has 0 fully saturated rings. The van der Waals surface area contributed by atoms with Gasteiger partial charge in [0.2, 0.25) is 0 Å². The molecule has 0 aromatic heterocycles. The maximum atomic E-state index is 4.65. The van der Waals surface area contributed by atoms with Gasteiger partial charge >= 0.3 is 0 Å². The molecule has 106 valence electrons. The highest BCUT2D eigenvalue weighted by Gasteiger charge is 2.32. The van der Waals surface area contributed by atoms with Gasteiger partial charge in [0.25, 0.3) is 0 Å². The number of amidine groups is 1. The lowest BCUT2D eigenvalue weighted by Crippen LogP contribution is -2.20. The van der Waals surface area contributed by atoms with E-state index >= 15 is 0 Å². The summed E-state index contributed by atoms with van der Waals surface area (Å²) in [5.41, 5.74) is 2.76. The molecule has 0 aliphatic carbocycles. The molecule has 2 heterocycles. The van der Waals surface area contributed by atoms with Gasteiger partial charge in [0, 0.05) is 17.0 Å². The molecule has 4 rings (SSSR count). The average Bonchev–Trinajstić information content (AvgIpc) is 3.08.